The first-order chi connectivity index (χ1) is 8.74. The number of aliphatic hydroxyl groups excluding tert-OH is 1. The third kappa shape index (κ3) is 4.33. The number of carbonyl (C=O) groups is 1. The van der Waals surface area contributed by atoms with Crippen LogP contribution in [0.5, 0.6) is 0 Å². The number of aliphatic hydroxyl groups is 1. The van der Waals surface area contributed by atoms with Crippen molar-refractivity contribution in [3.8, 4) is 0 Å². The summed E-state index contributed by atoms with van der Waals surface area (Å²) in [7, 11) is 0. The van der Waals surface area contributed by atoms with Gasteiger partial charge in [-0.1, -0.05) is 0 Å². The molecule has 1 aliphatic heterocycles. The van der Waals surface area contributed by atoms with Gasteiger partial charge in [0.1, 0.15) is 0 Å². The van der Waals surface area contributed by atoms with E-state index in [1.807, 2.05) is 4.90 Å². The molecule has 1 heterocycles. The zero-order valence-electron chi connectivity index (χ0n) is 11.6. The Bertz CT molecular complexity index is 247. The second-order valence-electron chi connectivity index (χ2n) is 5.90. The van der Waals surface area contributed by atoms with E-state index < -0.39 is 0 Å². The monoisotopic (exact) mass is 290 g/mol. The summed E-state index contributed by atoms with van der Waals surface area (Å²) in [5.74, 6) is 1.62. The van der Waals surface area contributed by atoms with E-state index in [0.29, 0.717) is 17.7 Å². The van der Waals surface area contributed by atoms with Crippen LogP contribution >= 0.6 is 12.4 Å². The Labute approximate surface area is 122 Å². The number of amides is 1. The van der Waals surface area contributed by atoms with Gasteiger partial charge in [-0.15, -0.1) is 12.4 Å². The highest BCUT2D eigenvalue weighted by atomic mass is 35.5. The van der Waals surface area contributed by atoms with Crippen LogP contribution in [0, 0.1) is 17.8 Å². The number of nitrogens with two attached hydrogens (primary N) is 1. The summed E-state index contributed by atoms with van der Waals surface area (Å²) in [5.41, 5.74) is 5.68. The third-order valence-electron chi connectivity index (χ3n) is 4.71. The van der Waals surface area contributed by atoms with Gasteiger partial charge in [0.15, 0.2) is 0 Å². The van der Waals surface area contributed by atoms with Crippen LogP contribution in [0.4, 0.5) is 0 Å². The van der Waals surface area contributed by atoms with Crippen LogP contribution in [0.2, 0.25) is 0 Å². The molecule has 1 aliphatic carbocycles. The lowest BCUT2D eigenvalue weighted by Crippen LogP contribution is -2.43. The Morgan fingerprint density at radius 3 is 2.11 bits per heavy atom. The lowest BCUT2D eigenvalue weighted by atomic mass is 9.81. The van der Waals surface area contributed by atoms with Crippen molar-refractivity contribution < 1.29 is 9.90 Å². The van der Waals surface area contributed by atoms with Crippen molar-refractivity contribution >= 4 is 18.3 Å². The molecule has 2 rings (SSSR count). The average Bonchev–Trinajstić information content (AvgIpc) is 2.47. The van der Waals surface area contributed by atoms with E-state index in [4.69, 9.17) is 10.8 Å². The van der Waals surface area contributed by atoms with Crippen molar-refractivity contribution in [2.75, 3.05) is 26.2 Å². The molecule has 5 heteroatoms. The van der Waals surface area contributed by atoms with Gasteiger partial charge >= 0.3 is 0 Å². The van der Waals surface area contributed by atoms with E-state index in [9.17, 15) is 4.79 Å². The lowest BCUT2D eigenvalue weighted by Gasteiger charge is -2.35. The summed E-state index contributed by atoms with van der Waals surface area (Å²) < 4.78 is 0. The fraction of sp³-hybridized carbons (Fsp3) is 0.929. The molecule has 0 aromatic carbocycles. The van der Waals surface area contributed by atoms with Crippen molar-refractivity contribution in [2.24, 2.45) is 23.5 Å². The average molecular weight is 291 g/mol. The van der Waals surface area contributed by atoms with Gasteiger partial charge in [-0.3, -0.25) is 4.79 Å². The maximum absolute atomic E-state index is 12.4. The van der Waals surface area contributed by atoms with Crippen molar-refractivity contribution in [1.82, 2.24) is 4.90 Å². The van der Waals surface area contributed by atoms with Crippen molar-refractivity contribution in [2.45, 2.75) is 38.5 Å². The highest BCUT2D eigenvalue weighted by molar-refractivity contribution is 5.85. The summed E-state index contributed by atoms with van der Waals surface area (Å²) in [6.45, 7) is 2.70. The van der Waals surface area contributed by atoms with E-state index >= 15 is 0 Å². The second-order valence-corrected chi connectivity index (χ2v) is 5.90. The van der Waals surface area contributed by atoms with Crippen molar-refractivity contribution in [1.29, 1.82) is 0 Å². The number of rotatable bonds is 3. The quantitative estimate of drug-likeness (QED) is 0.826. The van der Waals surface area contributed by atoms with Gasteiger partial charge in [0, 0.05) is 25.6 Å². The first kappa shape index (κ1) is 16.7. The second kappa shape index (κ2) is 8.08. The summed E-state index contributed by atoms with van der Waals surface area (Å²) in [6, 6.07) is 0. The number of carbonyl (C=O) groups excluding carboxylic acids is 1. The van der Waals surface area contributed by atoms with E-state index in [1.165, 1.54) is 0 Å². The summed E-state index contributed by atoms with van der Waals surface area (Å²) in [4.78, 5) is 14.4. The van der Waals surface area contributed by atoms with E-state index in [2.05, 4.69) is 0 Å². The molecule has 1 amide bonds. The van der Waals surface area contributed by atoms with Crippen LogP contribution < -0.4 is 5.73 Å². The van der Waals surface area contributed by atoms with Gasteiger partial charge in [0.05, 0.1) is 0 Å². The van der Waals surface area contributed by atoms with Crippen LogP contribution in [0.15, 0.2) is 0 Å². The zero-order chi connectivity index (χ0) is 13.0. The maximum Gasteiger partial charge on any atom is 0.225 e. The largest absolute Gasteiger partial charge is 0.396 e. The fourth-order valence-corrected chi connectivity index (χ4v) is 3.24. The molecular formula is C14H27ClN2O2. The highest BCUT2D eigenvalue weighted by Crippen LogP contribution is 2.30. The molecule has 0 aromatic heterocycles. The molecule has 2 fully saturated rings. The molecule has 0 radical (unpaired) electrons. The molecule has 19 heavy (non-hydrogen) atoms. The molecule has 4 nitrogen and oxygen atoms in total. The summed E-state index contributed by atoms with van der Waals surface area (Å²) in [6.07, 6.45) is 6.17. The Balaban J connectivity index is 0.00000180. The molecule has 0 spiro atoms. The molecule has 0 aromatic rings. The molecule has 0 unspecified atom stereocenters. The number of likely N-dealkylation sites (tertiary alicyclic amines) is 1. The Kier molecular flexibility index (Phi) is 7.11. The Hall–Kier alpha value is -0.320. The molecule has 3 N–H and O–H groups in total. The van der Waals surface area contributed by atoms with Gasteiger partial charge in [-0.2, -0.15) is 0 Å². The molecule has 0 bridgehead atoms. The Morgan fingerprint density at radius 1 is 1.05 bits per heavy atom. The van der Waals surface area contributed by atoms with Crippen LogP contribution in [0.1, 0.15) is 38.5 Å². The zero-order valence-corrected chi connectivity index (χ0v) is 12.4. The first-order valence-electron chi connectivity index (χ1n) is 7.34. The normalized spacial score (nSPS) is 28.8. The summed E-state index contributed by atoms with van der Waals surface area (Å²) >= 11 is 0. The summed E-state index contributed by atoms with van der Waals surface area (Å²) in [5, 5.41) is 9.11. The van der Waals surface area contributed by atoms with Gasteiger partial charge in [-0.25, -0.2) is 0 Å². The van der Waals surface area contributed by atoms with Gasteiger partial charge in [0.2, 0.25) is 5.91 Å². The minimum Gasteiger partial charge on any atom is -0.396 e. The minimum atomic E-state index is 0. The molecular weight excluding hydrogens is 264 g/mol. The predicted octanol–water partition coefficient (Wildman–Crippen LogP) is 1.40. The van der Waals surface area contributed by atoms with Crippen LogP contribution in [0.3, 0.4) is 0 Å². The number of halogens is 1. The number of hydrogen-bond donors (Lipinski definition) is 2. The molecule has 112 valence electrons. The number of nitrogens with zero attached hydrogens (tertiary/aromatic N) is 1. The van der Waals surface area contributed by atoms with Crippen LogP contribution in [-0.2, 0) is 4.79 Å². The third-order valence-corrected chi connectivity index (χ3v) is 4.71. The van der Waals surface area contributed by atoms with Crippen molar-refractivity contribution in [3.63, 3.8) is 0 Å². The molecule has 2 aliphatic rings. The van der Waals surface area contributed by atoms with Crippen LogP contribution in [0.25, 0.3) is 0 Å². The topological polar surface area (TPSA) is 66.6 Å². The highest BCUT2D eigenvalue weighted by Gasteiger charge is 2.30. The van der Waals surface area contributed by atoms with E-state index in [0.717, 1.165) is 58.2 Å². The Morgan fingerprint density at radius 2 is 1.63 bits per heavy atom. The standard InChI is InChI=1S/C14H26N2O2.ClH/c15-9-11-1-3-13(4-2-11)14(18)16-7-5-12(10-17)6-8-16;/h11-13,17H,1-10,15H2;1H. The van der Waals surface area contributed by atoms with Crippen molar-refractivity contribution in [3.05, 3.63) is 0 Å². The molecule has 1 saturated heterocycles. The lowest BCUT2D eigenvalue weighted by molar-refractivity contribution is -0.138. The van der Waals surface area contributed by atoms with Gasteiger partial charge < -0.3 is 15.7 Å². The fourth-order valence-electron chi connectivity index (χ4n) is 3.24. The van der Waals surface area contributed by atoms with Gasteiger partial charge in [0.25, 0.3) is 0 Å². The molecule has 1 saturated carbocycles. The van der Waals surface area contributed by atoms with E-state index in [-0.39, 0.29) is 24.9 Å². The van der Waals surface area contributed by atoms with Crippen LogP contribution in [-0.4, -0.2) is 42.2 Å². The number of piperidine rings is 1. The predicted molar refractivity (Wildman–Crippen MR) is 78.1 cm³/mol. The maximum atomic E-state index is 12.4. The van der Waals surface area contributed by atoms with E-state index in [1.54, 1.807) is 0 Å². The molecule has 0 atom stereocenters. The minimum absolute atomic E-state index is 0. The first-order valence-corrected chi connectivity index (χ1v) is 7.34. The number of hydrogen-bond acceptors (Lipinski definition) is 3. The van der Waals surface area contributed by atoms with Gasteiger partial charge in [-0.05, 0) is 56.9 Å². The smallest absolute Gasteiger partial charge is 0.225 e. The SMILES string of the molecule is Cl.NCC1CCC(C(=O)N2CCC(CO)CC2)CC1.